The van der Waals surface area contributed by atoms with E-state index in [4.69, 9.17) is 23.7 Å². The van der Waals surface area contributed by atoms with Gasteiger partial charge in [-0.25, -0.2) is 0 Å². The number of Topliss-reactive ketones (excluding diaryl/α,β-unsaturated/α-hetero) is 1. The Bertz CT molecular complexity index is 2130. The smallest absolute Gasteiger partial charge is 0.189 e. The first-order valence-electron chi connectivity index (χ1n) is 20.1. The van der Waals surface area contributed by atoms with Crippen molar-refractivity contribution in [3.8, 4) is 0 Å². The van der Waals surface area contributed by atoms with Gasteiger partial charge in [-0.15, -0.1) is 0 Å². The van der Waals surface area contributed by atoms with Gasteiger partial charge in [-0.3, -0.25) is 4.79 Å². The lowest BCUT2D eigenvalue weighted by molar-refractivity contribution is -0.184. The first-order valence-corrected chi connectivity index (χ1v) is 20.1. The van der Waals surface area contributed by atoms with Crippen molar-refractivity contribution in [2.24, 2.45) is 0 Å². The van der Waals surface area contributed by atoms with Crippen molar-refractivity contribution in [1.29, 1.82) is 0 Å². The predicted octanol–water partition coefficient (Wildman–Crippen LogP) is 10.5. The minimum Gasteiger partial charge on any atom is -0.369 e. The summed E-state index contributed by atoms with van der Waals surface area (Å²) in [6.07, 6.45) is -2.80. The summed E-state index contributed by atoms with van der Waals surface area (Å²) in [4.78, 5) is 14.6. The lowest BCUT2D eigenvalue weighted by atomic mass is 9.80. The number of rotatable bonds is 22. The Hall–Kier alpha value is -5.99. The van der Waals surface area contributed by atoms with E-state index in [0.29, 0.717) is 0 Å². The maximum atomic E-state index is 14.6. The highest BCUT2D eigenvalue weighted by atomic mass is 16.6. The molecule has 6 heteroatoms. The number of ether oxygens (including phenoxy) is 5. The van der Waals surface area contributed by atoms with E-state index in [0.717, 1.165) is 38.9 Å². The molecule has 7 aromatic carbocycles. The molecule has 0 bridgehead atoms. The second kappa shape index (κ2) is 21.7. The second-order valence-corrected chi connectivity index (χ2v) is 14.3. The van der Waals surface area contributed by atoms with E-state index >= 15 is 0 Å². The van der Waals surface area contributed by atoms with Gasteiger partial charge in [0.2, 0.25) is 0 Å². The van der Waals surface area contributed by atoms with Crippen LogP contribution in [-0.2, 0) is 60.5 Å². The Morgan fingerprint density at radius 2 is 0.746 bits per heavy atom. The van der Waals surface area contributed by atoms with Gasteiger partial charge in [0.05, 0.1) is 33.0 Å². The molecule has 298 valence electrons. The first-order chi connectivity index (χ1) is 29.2. The molecule has 0 saturated carbocycles. The summed E-state index contributed by atoms with van der Waals surface area (Å²) in [6, 6.07) is 70.2. The zero-order chi connectivity index (χ0) is 40.4. The molecule has 59 heavy (non-hydrogen) atoms. The molecule has 0 radical (unpaired) electrons. The van der Waals surface area contributed by atoms with Crippen LogP contribution in [0.5, 0.6) is 0 Å². The molecule has 0 spiro atoms. The summed E-state index contributed by atoms with van der Waals surface area (Å²) in [5.74, 6) is -0.260. The number of carbonyl (C=O) groups is 1. The van der Waals surface area contributed by atoms with E-state index in [1.54, 1.807) is 0 Å². The highest BCUT2D eigenvalue weighted by Crippen LogP contribution is 2.41. The second-order valence-electron chi connectivity index (χ2n) is 14.3. The Morgan fingerprint density at radius 3 is 1.15 bits per heavy atom. The van der Waals surface area contributed by atoms with Crippen LogP contribution in [0.1, 0.15) is 38.9 Å². The number of benzene rings is 7. The molecule has 0 fully saturated rings. The molecule has 6 nitrogen and oxygen atoms in total. The lowest BCUT2D eigenvalue weighted by Gasteiger charge is -2.39. The van der Waals surface area contributed by atoms with E-state index in [-0.39, 0.29) is 45.4 Å². The van der Waals surface area contributed by atoms with E-state index in [9.17, 15) is 4.79 Å². The van der Waals surface area contributed by atoms with Gasteiger partial charge in [0.1, 0.15) is 30.5 Å². The van der Waals surface area contributed by atoms with Gasteiger partial charge in [0.25, 0.3) is 0 Å². The van der Waals surface area contributed by atoms with Gasteiger partial charge in [-0.05, 0) is 38.9 Å². The fraction of sp³-hybridized carbons (Fsp3) is 0.189. The Labute approximate surface area is 348 Å². The van der Waals surface area contributed by atoms with Gasteiger partial charge in [-0.1, -0.05) is 212 Å². The summed E-state index contributed by atoms with van der Waals surface area (Å²) in [6.45, 7) is 0.760. The number of ketones is 1. The molecule has 0 aliphatic carbocycles. The largest absolute Gasteiger partial charge is 0.369 e. The Balaban J connectivity index is 1.29. The van der Waals surface area contributed by atoms with Gasteiger partial charge in [0, 0.05) is 0 Å². The molecular formula is C53H50O6. The fourth-order valence-corrected chi connectivity index (χ4v) is 7.20. The molecule has 0 unspecified atom stereocenters. The van der Waals surface area contributed by atoms with Crippen LogP contribution < -0.4 is 0 Å². The van der Waals surface area contributed by atoms with Crippen LogP contribution in [0.25, 0.3) is 0 Å². The minimum absolute atomic E-state index is 0.0360. The molecule has 0 N–H and O–H groups in total. The minimum atomic E-state index is -1.08. The maximum Gasteiger partial charge on any atom is 0.189 e. The van der Waals surface area contributed by atoms with Crippen molar-refractivity contribution in [3.63, 3.8) is 0 Å². The van der Waals surface area contributed by atoms with Crippen molar-refractivity contribution in [2.75, 3.05) is 13.2 Å². The highest BCUT2D eigenvalue weighted by Gasteiger charge is 2.42. The summed E-state index contributed by atoms with van der Waals surface area (Å²) < 4.78 is 33.9. The molecule has 3 atom stereocenters. The third kappa shape index (κ3) is 11.4. The van der Waals surface area contributed by atoms with Crippen LogP contribution in [0.15, 0.2) is 212 Å². The quantitative estimate of drug-likeness (QED) is 0.0638. The van der Waals surface area contributed by atoms with E-state index in [1.807, 2.05) is 176 Å². The standard InChI is InChI=1S/C53H50O6/c54-49(40-55-36-42-22-8-1-9-23-42)51(57-38-44-26-12-3-13-27-44)52(58-39-45-28-14-4-15-29-45)50(56-37-43-24-10-2-11-25-43)41-59-53(46-30-16-5-17-31-46,47-32-18-6-19-33-47)48-34-20-7-21-35-48/h1-35,50-52H,36-41H2/t50-,51+,52+/m0/s1. The summed E-state index contributed by atoms with van der Waals surface area (Å²) in [7, 11) is 0. The zero-order valence-electron chi connectivity index (χ0n) is 33.1. The van der Waals surface area contributed by atoms with E-state index in [1.165, 1.54) is 0 Å². The van der Waals surface area contributed by atoms with Crippen molar-refractivity contribution >= 4 is 5.78 Å². The van der Waals surface area contributed by atoms with Crippen LogP contribution in [0.3, 0.4) is 0 Å². The number of hydrogen-bond donors (Lipinski definition) is 0. The topological polar surface area (TPSA) is 63.2 Å². The van der Waals surface area contributed by atoms with Crippen LogP contribution in [-0.4, -0.2) is 37.3 Å². The summed E-state index contributed by atoms with van der Waals surface area (Å²) >= 11 is 0. The zero-order valence-corrected chi connectivity index (χ0v) is 33.1. The molecule has 7 aromatic rings. The average molecular weight is 783 g/mol. The lowest BCUT2D eigenvalue weighted by Crippen LogP contribution is -2.50. The van der Waals surface area contributed by atoms with Crippen molar-refractivity contribution < 1.29 is 28.5 Å². The Kier molecular flexibility index (Phi) is 15.1. The third-order valence-electron chi connectivity index (χ3n) is 10.2. The molecular weight excluding hydrogens is 733 g/mol. The first kappa shape index (κ1) is 41.2. The molecule has 0 aromatic heterocycles. The third-order valence-corrected chi connectivity index (χ3v) is 10.2. The predicted molar refractivity (Wildman–Crippen MR) is 231 cm³/mol. The molecule has 0 heterocycles. The van der Waals surface area contributed by atoms with Crippen molar-refractivity contribution in [1.82, 2.24) is 0 Å². The number of carbonyl (C=O) groups excluding carboxylic acids is 1. The van der Waals surface area contributed by atoms with Gasteiger partial charge < -0.3 is 23.7 Å². The number of hydrogen-bond acceptors (Lipinski definition) is 6. The van der Waals surface area contributed by atoms with Crippen LogP contribution in [0.2, 0.25) is 0 Å². The van der Waals surface area contributed by atoms with Gasteiger partial charge in [0.15, 0.2) is 5.78 Å². The molecule has 0 aliphatic heterocycles. The maximum absolute atomic E-state index is 14.6. The fourth-order valence-electron chi connectivity index (χ4n) is 7.20. The Morgan fingerprint density at radius 1 is 0.407 bits per heavy atom. The summed E-state index contributed by atoms with van der Waals surface area (Å²) in [5.41, 5.74) is 5.60. The van der Waals surface area contributed by atoms with E-state index < -0.39 is 23.9 Å². The summed E-state index contributed by atoms with van der Waals surface area (Å²) in [5, 5.41) is 0. The molecule has 0 aliphatic rings. The normalized spacial score (nSPS) is 13.0. The van der Waals surface area contributed by atoms with Crippen LogP contribution >= 0.6 is 0 Å². The molecule has 0 saturated heterocycles. The van der Waals surface area contributed by atoms with Crippen LogP contribution in [0, 0.1) is 0 Å². The van der Waals surface area contributed by atoms with Crippen molar-refractivity contribution in [2.45, 2.75) is 50.3 Å². The van der Waals surface area contributed by atoms with Crippen molar-refractivity contribution in [3.05, 3.63) is 251 Å². The highest BCUT2D eigenvalue weighted by molar-refractivity contribution is 5.85. The van der Waals surface area contributed by atoms with Gasteiger partial charge in [-0.2, -0.15) is 0 Å². The SMILES string of the molecule is O=C(COCc1ccccc1)[C@@H](OCc1ccccc1)[C@H](OCc1ccccc1)[C@H](COC(c1ccccc1)(c1ccccc1)c1ccccc1)OCc1ccccc1. The van der Waals surface area contributed by atoms with Gasteiger partial charge >= 0.3 is 0 Å². The average Bonchev–Trinajstić information content (AvgIpc) is 3.31. The van der Waals surface area contributed by atoms with Crippen LogP contribution in [0.4, 0.5) is 0 Å². The molecule has 0 amide bonds. The monoisotopic (exact) mass is 782 g/mol. The molecule has 7 rings (SSSR count). The van der Waals surface area contributed by atoms with E-state index in [2.05, 4.69) is 36.4 Å².